The number of piperidine rings is 1. The lowest BCUT2D eigenvalue weighted by molar-refractivity contribution is -0.132. The molecule has 0 unspecified atom stereocenters. The third-order valence-corrected chi connectivity index (χ3v) is 5.02. The first kappa shape index (κ1) is 17.4. The first-order chi connectivity index (χ1) is 13.1. The Morgan fingerprint density at radius 2 is 2.26 bits per heavy atom. The maximum Gasteiger partial charge on any atom is 0.230 e. The summed E-state index contributed by atoms with van der Waals surface area (Å²) >= 11 is 0. The molecule has 4 heterocycles. The largest absolute Gasteiger partial charge is 0.361 e. The van der Waals surface area contributed by atoms with Gasteiger partial charge in [0.15, 0.2) is 5.82 Å². The number of carbonyl (C=O) groups is 1. The summed E-state index contributed by atoms with van der Waals surface area (Å²) in [5.41, 5.74) is 0.791. The number of aromatic nitrogens is 6. The number of nitrogens with zero attached hydrogens (tertiary/aromatic N) is 7. The van der Waals surface area contributed by atoms with Crippen molar-refractivity contribution in [3.8, 4) is 0 Å². The lowest BCUT2D eigenvalue weighted by Crippen LogP contribution is -2.40. The van der Waals surface area contributed by atoms with Gasteiger partial charge in [-0.2, -0.15) is 0 Å². The van der Waals surface area contributed by atoms with Gasteiger partial charge < -0.3 is 18.6 Å². The van der Waals surface area contributed by atoms with Gasteiger partial charge in [-0.05, 0) is 19.8 Å². The Kier molecular flexibility index (Phi) is 4.74. The van der Waals surface area contributed by atoms with E-state index in [-0.39, 0.29) is 18.2 Å². The Bertz CT molecular complexity index is 912. The highest BCUT2D eigenvalue weighted by atomic mass is 16.5. The van der Waals surface area contributed by atoms with Crippen LogP contribution in [0.3, 0.4) is 0 Å². The smallest absolute Gasteiger partial charge is 0.230 e. The minimum atomic E-state index is 0.0663. The highest BCUT2D eigenvalue weighted by molar-refractivity contribution is 5.78. The second kappa shape index (κ2) is 7.34. The molecule has 4 rings (SSSR count). The molecule has 0 radical (unpaired) electrons. The summed E-state index contributed by atoms with van der Waals surface area (Å²) in [5.74, 6) is 2.67. The van der Waals surface area contributed by atoms with Crippen LogP contribution < -0.4 is 0 Å². The van der Waals surface area contributed by atoms with Gasteiger partial charge in [-0.3, -0.25) is 4.79 Å². The fraction of sp³-hybridized carbons (Fsp3) is 0.500. The van der Waals surface area contributed by atoms with E-state index in [9.17, 15) is 4.79 Å². The molecule has 142 valence electrons. The molecule has 3 aromatic rings. The summed E-state index contributed by atoms with van der Waals surface area (Å²) in [6.45, 7) is 3.90. The lowest BCUT2D eigenvalue weighted by Gasteiger charge is -2.32. The van der Waals surface area contributed by atoms with Gasteiger partial charge in [0, 0.05) is 44.5 Å². The fourth-order valence-electron chi connectivity index (χ4n) is 3.59. The number of aryl methyl sites for hydroxylation is 1. The zero-order valence-corrected chi connectivity index (χ0v) is 15.6. The van der Waals surface area contributed by atoms with Crippen molar-refractivity contribution in [2.24, 2.45) is 7.05 Å². The number of likely N-dealkylation sites (tertiary alicyclic amines) is 1. The van der Waals surface area contributed by atoms with Crippen LogP contribution in [0.4, 0.5) is 0 Å². The second-order valence-electron chi connectivity index (χ2n) is 7.06. The van der Waals surface area contributed by atoms with E-state index in [1.54, 1.807) is 12.5 Å². The summed E-state index contributed by atoms with van der Waals surface area (Å²) in [5, 5.41) is 12.6. The average Bonchev–Trinajstić information content (AvgIpc) is 3.39. The van der Waals surface area contributed by atoms with Crippen LogP contribution in [0.1, 0.15) is 41.9 Å². The van der Waals surface area contributed by atoms with Gasteiger partial charge in [-0.15, -0.1) is 10.2 Å². The SMILES string of the molecule is Cc1cc(CC(=O)N2CCC[C@H](c3nnc(Cn4ccnc4)n3C)C2)on1. The molecule has 0 spiro atoms. The van der Waals surface area contributed by atoms with Gasteiger partial charge >= 0.3 is 0 Å². The maximum absolute atomic E-state index is 12.6. The molecular formula is C18H23N7O2. The topological polar surface area (TPSA) is 94.9 Å². The molecule has 0 aromatic carbocycles. The van der Waals surface area contributed by atoms with E-state index in [1.807, 2.05) is 40.3 Å². The summed E-state index contributed by atoms with van der Waals surface area (Å²) in [7, 11) is 1.99. The van der Waals surface area contributed by atoms with Crippen LogP contribution in [0.5, 0.6) is 0 Å². The van der Waals surface area contributed by atoms with Crippen molar-refractivity contribution in [2.45, 2.75) is 38.6 Å². The third kappa shape index (κ3) is 3.76. The van der Waals surface area contributed by atoms with Crippen molar-refractivity contribution in [2.75, 3.05) is 13.1 Å². The van der Waals surface area contributed by atoms with Crippen LogP contribution in [0.15, 0.2) is 29.3 Å². The second-order valence-corrected chi connectivity index (χ2v) is 7.06. The molecule has 27 heavy (non-hydrogen) atoms. The van der Waals surface area contributed by atoms with Crippen molar-refractivity contribution in [1.82, 2.24) is 34.4 Å². The predicted molar refractivity (Wildman–Crippen MR) is 95.8 cm³/mol. The Hall–Kier alpha value is -2.97. The lowest BCUT2D eigenvalue weighted by atomic mass is 9.96. The molecule has 1 aliphatic heterocycles. The number of hydrogen-bond acceptors (Lipinski definition) is 6. The molecule has 9 heteroatoms. The number of rotatable bonds is 5. The van der Waals surface area contributed by atoms with Gasteiger partial charge in [0.1, 0.15) is 11.6 Å². The maximum atomic E-state index is 12.6. The highest BCUT2D eigenvalue weighted by Crippen LogP contribution is 2.26. The van der Waals surface area contributed by atoms with E-state index in [0.717, 1.165) is 36.7 Å². The molecule has 3 aromatic heterocycles. The van der Waals surface area contributed by atoms with Gasteiger partial charge in [0.2, 0.25) is 5.91 Å². The Balaban J connectivity index is 1.43. The minimum absolute atomic E-state index is 0.0663. The summed E-state index contributed by atoms with van der Waals surface area (Å²) in [6, 6.07) is 1.81. The van der Waals surface area contributed by atoms with Crippen LogP contribution in [0, 0.1) is 6.92 Å². The van der Waals surface area contributed by atoms with E-state index in [4.69, 9.17) is 4.52 Å². The quantitative estimate of drug-likeness (QED) is 0.673. The third-order valence-electron chi connectivity index (χ3n) is 5.02. The summed E-state index contributed by atoms with van der Waals surface area (Å²) in [6.07, 6.45) is 7.62. The van der Waals surface area contributed by atoms with Crippen molar-refractivity contribution >= 4 is 5.91 Å². The van der Waals surface area contributed by atoms with Crippen molar-refractivity contribution < 1.29 is 9.32 Å². The monoisotopic (exact) mass is 369 g/mol. The number of hydrogen-bond donors (Lipinski definition) is 0. The van der Waals surface area contributed by atoms with E-state index in [2.05, 4.69) is 20.3 Å². The Labute approximate surface area is 157 Å². The first-order valence-electron chi connectivity index (χ1n) is 9.14. The molecule has 1 saturated heterocycles. The molecule has 1 fully saturated rings. The summed E-state index contributed by atoms with van der Waals surface area (Å²) in [4.78, 5) is 18.6. The molecule has 0 aliphatic carbocycles. The predicted octanol–water partition coefficient (Wildman–Crippen LogP) is 1.31. The van der Waals surface area contributed by atoms with E-state index in [1.165, 1.54) is 0 Å². The molecule has 1 aliphatic rings. The average molecular weight is 369 g/mol. The van der Waals surface area contributed by atoms with Crippen molar-refractivity contribution in [3.05, 3.63) is 47.9 Å². The number of imidazole rings is 1. The van der Waals surface area contributed by atoms with Crippen LogP contribution >= 0.6 is 0 Å². The van der Waals surface area contributed by atoms with Crippen molar-refractivity contribution in [1.29, 1.82) is 0 Å². The van der Waals surface area contributed by atoms with Crippen LogP contribution in [0.2, 0.25) is 0 Å². The Morgan fingerprint density at radius 1 is 1.37 bits per heavy atom. The molecule has 0 saturated carbocycles. The highest BCUT2D eigenvalue weighted by Gasteiger charge is 2.28. The zero-order valence-electron chi connectivity index (χ0n) is 15.6. The van der Waals surface area contributed by atoms with Gasteiger partial charge in [-0.25, -0.2) is 4.98 Å². The van der Waals surface area contributed by atoms with Crippen LogP contribution in [-0.4, -0.2) is 53.4 Å². The van der Waals surface area contributed by atoms with Gasteiger partial charge in [0.05, 0.1) is 25.0 Å². The van der Waals surface area contributed by atoms with Crippen LogP contribution in [-0.2, 0) is 24.8 Å². The summed E-state index contributed by atoms with van der Waals surface area (Å²) < 4.78 is 9.18. The zero-order chi connectivity index (χ0) is 18.8. The molecule has 0 N–H and O–H groups in total. The van der Waals surface area contributed by atoms with E-state index in [0.29, 0.717) is 18.8 Å². The van der Waals surface area contributed by atoms with Crippen LogP contribution in [0.25, 0.3) is 0 Å². The molecule has 9 nitrogen and oxygen atoms in total. The normalized spacial score (nSPS) is 17.4. The molecule has 1 amide bonds. The fourth-order valence-corrected chi connectivity index (χ4v) is 3.59. The minimum Gasteiger partial charge on any atom is -0.361 e. The Morgan fingerprint density at radius 3 is 3.00 bits per heavy atom. The van der Waals surface area contributed by atoms with E-state index < -0.39 is 0 Å². The molecule has 0 bridgehead atoms. The standard InChI is InChI=1S/C18H23N7O2/c1-13-8-15(27-22-13)9-17(26)25-6-3-4-14(10-25)18-21-20-16(23(18)2)11-24-7-5-19-12-24/h5,7-8,12,14H,3-4,6,9-11H2,1-2H3/t14-/m0/s1. The number of amides is 1. The molecule has 1 atom stereocenters. The van der Waals surface area contributed by atoms with Gasteiger partial charge in [-0.1, -0.05) is 5.16 Å². The first-order valence-corrected chi connectivity index (χ1v) is 9.14. The van der Waals surface area contributed by atoms with E-state index >= 15 is 0 Å². The van der Waals surface area contributed by atoms with Gasteiger partial charge in [0.25, 0.3) is 0 Å². The number of carbonyl (C=O) groups excluding carboxylic acids is 1. The van der Waals surface area contributed by atoms with Crippen molar-refractivity contribution in [3.63, 3.8) is 0 Å². The molecular weight excluding hydrogens is 346 g/mol.